The second-order valence-corrected chi connectivity index (χ2v) is 11.9. The minimum atomic E-state index is 0.264. The summed E-state index contributed by atoms with van der Waals surface area (Å²) in [6.45, 7) is 13.5. The number of hydrogen-bond donors (Lipinski definition) is 0. The largest absolute Gasteiger partial charge is 0.369 e. The van der Waals surface area contributed by atoms with Crippen molar-refractivity contribution in [2.24, 2.45) is 0 Å². The molecule has 0 bridgehead atoms. The fraction of sp³-hybridized carbons (Fsp3) is 0.432. The summed E-state index contributed by atoms with van der Waals surface area (Å²) in [7, 11) is 0. The number of rotatable bonds is 7. The van der Waals surface area contributed by atoms with Crippen molar-refractivity contribution in [2.45, 2.75) is 70.9 Å². The number of carbonyl (C=O) groups is 1. The molecule has 0 radical (unpaired) electrons. The molecule has 0 unspecified atom stereocenters. The molecule has 41 heavy (non-hydrogen) atoms. The fourth-order valence-corrected chi connectivity index (χ4v) is 6.95. The van der Waals surface area contributed by atoms with Crippen molar-refractivity contribution in [3.63, 3.8) is 0 Å². The van der Waals surface area contributed by atoms with Gasteiger partial charge in [0.15, 0.2) is 0 Å². The summed E-state index contributed by atoms with van der Waals surface area (Å²) >= 11 is 0. The van der Waals surface area contributed by atoms with Gasteiger partial charge in [0, 0.05) is 55.9 Å². The highest BCUT2D eigenvalue weighted by molar-refractivity contribution is 5.99. The lowest BCUT2D eigenvalue weighted by Gasteiger charge is -2.37. The molecule has 0 spiro atoms. The minimum absolute atomic E-state index is 0.264. The summed E-state index contributed by atoms with van der Waals surface area (Å²) in [6.07, 6.45) is 9.05. The van der Waals surface area contributed by atoms with Gasteiger partial charge in [-0.3, -0.25) is 9.69 Å². The molecule has 1 amide bonds. The standard InChI is InChI=1S/C34H41N3O.C3H6/c1-26-23-29-25-37(30-15-9-4-10-16-30)34(38)32(29)24-33(26)36-21-19-35(20-22-36)18-17-31(27-11-5-2-6-12-27)28-13-7-3-8-14-28;1-3-2/h2-3,5-8,11-14,23-24,30-31H,4,9-10,15-22,25H2,1H3;3H,1H2,2H3. The van der Waals surface area contributed by atoms with E-state index in [0.717, 1.165) is 51.3 Å². The van der Waals surface area contributed by atoms with Crippen molar-refractivity contribution in [1.82, 2.24) is 9.80 Å². The number of benzene rings is 3. The summed E-state index contributed by atoms with van der Waals surface area (Å²) in [5.74, 6) is 0.687. The average Bonchev–Trinajstić information content (AvgIpc) is 3.34. The van der Waals surface area contributed by atoms with Crippen LogP contribution in [0.2, 0.25) is 0 Å². The van der Waals surface area contributed by atoms with Crippen LogP contribution in [0.15, 0.2) is 85.5 Å². The Morgan fingerprint density at radius 3 is 2.05 bits per heavy atom. The molecular formula is C37H47N3O. The van der Waals surface area contributed by atoms with Crippen LogP contribution in [-0.2, 0) is 6.54 Å². The zero-order valence-corrected chi connectivity index (χ0v) is 25.1. The Kier molecular flexibility index (Phi) is 9.95. The average molecular weight is 550 g/mol. The molecule has 1 saturated carbocycles. The van der Waals surface area contributed by atoms with Gasteiger partial charge in [-0.2, -0.15) is 0 Å². The van der Waals surface area contributed by atoms with E-state index < -0.39 is 0 Å². The summed E-state index contributed by atoms with van der Waals surface area (Å²) in [4.78, 5) is 20.7. The van der Waals surface area contributed by atoms with Crippen LogP contribution in [0.5, 0.6) is 0 Å². The zero-order chi connectivity index (χ0) is 28.6. The molecule has 3 aromatic rings. The molecule has 2 aliphatic heterocycles. The minimum Gasteiger partial charge on any atom is -0.369 e. The number of piperazine rings is 1. The number of amides is 1. The van der Waals surface area contributed by atoms with E-state index in [4.69, 9.17) is 0 Å². The van der Waals surface area contributed by atoms with Crippen LogP contribution in [0.25, 0.3) is 0 Å². The van der Waals surface area contributed by atoms with Crippen molar-refractivity contribution in [2.75, 3.05) is 37.6 Å². The normalized spacial score (nSPS) is 17.8. The molecule has 4 nitrogen and oxygen atoms in total. The van der Waals surface area contributed by atoms with Gasteiger partial charge < -0.3 is 9.80 Å². The van der Waals surface area contributed by atoms with E-state index in [1.807, 2.05) is 6.92 Å². The molecule has 0 aromatic heterocycles. The molecule has 2 fully saturated rings. The van der Waals surface area contributed by atoms with Gasteiger partial charge in [0.1, 0.15) is 0 Å². The molecular weight excluding hydrogens is 502 g/mol. The number of aryl methyl sites for hydroxylation is 1. The molecule has 0 atom stereocenters. The van der Waals surface area contributed by atoms with Crippen LogP contribution >= 0.6 is 0 Å². The van der Waals surface area contributed by atoms with E-state index in [-0.39, 0.29) is 5.91 Å². The highest BCUT2D eigenvalue weighted by Crippen LogP contribution is 2.35. The summed E-state index contributed by atoms with van der Waals surface area (Å²) in [6, 6.07) is 26.8. The van der Waals surface area contributed by atoms with Crippen molar-refractivity contribution in [3.8, 4) is 0 Å². The van der Waals surface area contributed by atoms with Gasteiger partial charge in [-0.15, -0.1) is 6.58 Å². The predicted molar refractivity (Wildman–Crippen MR) is 172 cm³/mol. The summed E-state index contributed by atoms with van der Waals surface area (Å²) in [5, 5.41) is 0. The molecule has 1 aliphatic carbocycles. The third-order valence-corrected chi connectivity index (χ3v) is 9.12. The number of hydrogen-bond acceptors (Lipinski definition) is 3. The van der Waals surface area contributed by atoms with Gasteiger partial charge >= 0.3 is 0 Å². The third kappa shape index (κ3) is 6.93. The Morgan fingerprint density at radius 2 is 1.46 bits per heavy atom. The lowest BCUT2D eigenvalue weighted by Crippen LogP contribution is -2.47. The van der Waals surface area contributed by atoms with Crippen molar-refractivity contribution >= 4 is 11.6 Å². The quantitative estimate of drug-likeness (QED) is 0.281. The first-order valence-corrected chi connectivity index (χ1v) is 15.7. The van der Waals surface area contributed by atoms with Gasteiger partial charge in [0.05, 0.1) is 0 Å². The second-order valence-electron chi connectivity index (χ2n) is 11.9. The smallest absolute Gasteiger partial charge is 0.254 e. The maximum atomic E-state index is 13.4. The predicted octanol–water partition coefficient (Wildman–Crippen LogP) is 7.82. The molecule has 0 N–H and O–H groups in total. The van der Waals surface area contributed by atoms with E-state index in [2.05, 4.69) is 101 Å². The Labute approximate surface area is 247 Å². The number of allylic oxidation sites excluding steroid dienone is 1. The van der Waals surface area contributed by atoms with Crippen LogP contribution in [-0.4, -0.2) is 54.5 Å². The lowest BCUT2D eigenvalue weighted by atomic mass is 9.88. The Morgan fingerprint density at radius 1 is 0.878 bits per heavy atom. The first-order valence-electron chi connectivity index (χ1n) is 15.7. The monoisotopic (exact) mass is 549 g/mol. The molecule has 3 aromatic carbocycles. The van der Waals surface area contributed by atoms with Crippen molar-refractivity contribution in [3.05, 3.63) is 113 Å². The van der Waals surface area contributed by atoms with Crippen LogP contribution < -0.4 is 4.90 Å². The summed E-state index contributed by atoms with van der Waals surface area (Å²) in [5.41, 5.74) is 7.55. The molecule has 6 rings (SSSR count). The summed E-state index contributed by atoms with van der Waals surface area (Å²) < 4.78 is 0. The second kappa shape index (κ2) is 14.0. The fourth-order valence-electron chi connectivity index (χ4n) is 6.95. The first kappa shape index (κ1) is 29.1. The molecule has 3 aliphatic rings. The van der Waals surface area contributed by atoms with E-state index in [1.54, 1.807) is 6.08 Å². The highest BCUT2D eigenvalue weighted by Gasteiger charge is 2.34. The van der Waals surface area contributed by atoms with E-state index in [9.17, 15) is 4.79 Å². The SMILES string of the molecule is C=CC.Cc1cc2c(cc1N1CCN(CCC(c3ccccc3)c3ccccc3)CC1)C(=O)N(C1CCCCC1)C2. The van der Waals surface area contributed by atoms with Gasteiger partial charge in [0.25, 0.3) is 5.91 Å². The number of anilines is 1. The van der Waals surface area contributed by atoms with Crippen LogP contribution in [0.3, 0.4) is 0 Å². The number of carbonyl (C=O) groups excluding carboxylic acids is 1. The van der Waals surface area contributed by atoms with Gasteiger partial charge in [0.2, 0.25) is 0 Å². The van der Waals surface area contributed by atoms with Crippen LogP contribution in [0.1, 0.15) is 84.0 Å². The van der Waals surface area contributed by atoms with Crippen LogP contribution in [0.4, 0.5) is 5.69 Å². The zero-order valence-electron chi connectivity index (χ0n) is 25.1. The van der Waals surface area contributed by atoms with E-state index in [0.29, 0.717) is 12.0 Å². The van der Waals surface area contributed by atoms with Gasteiger partial charge in [-0.1, -0.05) is 92.1 Å². The highest BCUT2D eigenvalue weighted by atomic mass is 16.2. The Hall–Kier alpha value is -3.37. The van der Waals surface area contributed by atoms with E-state index >= 15 is 0 Å². The molecule has 4 heteroatoms. The molecule has 1 saturated heterocycles. The third-order valence-electron chi connectivity index (χ3n) is 9.12. The molecule has 216 valence electrons. The Bertz CT molecular complexity index is 1230. The van der Waals surface area contributed by atoms with Gasteiger partial charge in [-0.05, 0) is 68.0 Å². The van der Waals surface area contributed by atoms with E-state index in [1.165, 1.54) is 60.0 Å². The van der Waals surface area contributed by atoms with Crippen LogP contribution in [0, 0.1) is 6.92 Å². The molecule has 2 heterocycles. The Balaban J connectivity index is 0.00000108. The first-order chi connectivity index (χ1) is 20.1. The van der Waals surface area contributed by atoms with Crippen molar-refractivity contribution in [1.29, 1.82) is 0 Å². The topological polar surface area (TPSA) is 26.8 Å². The van der Waals surface area contributed by atoms with Gasteiger partial charge in [-0.25, -0.2) is 0 Å². The number of fused-ring (bicyclic) bond motifs is 1. The van der Waals surface area contributed by atoms with Crippen molar-refractivity contribution < 1.29 is 4.79 Å². The number of nitrogens with zero attached hydrogens (tertiary/aromatic N) is 3. The maximum Gasteiger partial charge on any atom is 0.254 e. The lowest BCUT2D eigenvalue weighted by molar-refractivity contribution is 0.0660. The maximum absolute atomic E-state index is 13.4.